The Hall–Kier alpha value is -1.75. The number of guanidine groups is 1. The Morgan fingerprint density at radius 3 is 2.80 bits per heavy atom. The molecule has 1 fully saturated rings. The third-order valence-electron chi connectivity index (χ3n) is 4.40. The molecule has 1 aromatic carbocycles. The Balaban J connectivity index is 1.60. The minimum atomic E-state index is 0.601. The van der Waals surface area contributed by atoms with E-state index in [0.29, 0.717) is 11.8 Å². The number of para-hydroxylation sites is 1. The van der Waals surface area contributed by atoms with Crippen LogP contribution in [0, 0.1) is 11.8 Å². The lowest BCUT2D eigenvalue weighted by molar-refractivity contribution is 0.108. The molecule has 0 aliphatic carbocycles. The standard InChI is InChI=1S/C20H34N4O/c1-17(2)16-25-13-7-11-22-20(21-3)23-14-18-10-12-24(15-18)19-8-5-4-6-9-19/h4-6,8-9,17-18H,7,10-16H2,1-3H3,(H2,21,22,23). The monoisotopic (exact) mass is 346 g/mol. The smallest absolute Gasteiger partial charge is 0.190 e. The molecule has 0 radical (unpaired) electrons. The number of hydrogen-bond donors (Lipinski definition) is 2. The van der Waals surface area contributed by atoms with Crippen LogP contribution in [0.3, 0.4) is 0 Å². The minimum Gasteiger partial charge on any atom is -0.381 e. The van der Waals surface area contributed by atoms with E-state index in [-0.39, 0.29) is 0 Å². The van der Waals surface area contributed by atoms with E-state index in [1.54, 1.807) is 0 Å². The molecule has 25 heavy (non-hydrogen) atoms. The first-order valence-corrected chi connectivity index (χ1v) is 9.51. The second kappa shape index (κ2) is 11.0. The maximum atomic E-state index is 5.60. The van der Waals surface area contributed by atoms with Gasteiger partial charge in [-0.1, -0.05) is 32.0 Å². The Morgan fingerprint density at radius 1 is 1.28 bits per heavy atom. The van der Waals surface area contributed by atoms with Gasteiger partial charge < -0.3 is 20.3 Å². The first-order chi connectivity index (χ1) is 12.2. The Morgan fingerprint density at radius 2 is 2.08 bits per heavy atom. The van der Waals surface area contributed by atoms with Crippen molar-refractivity contribution in [3.63, 3.8) is 0 Å². The van der Waals surface area contributed by atoms with Crippen LogP contribution in [-0.2, 0) is 4.74 Å². The highest BCUT2D eigenvalue weighted by atomic mass is 16.5. The van der Waals surface area contributed by atoms with Crippen molar-refractivity contribution in [2.24, 2.45) is 16.8 Å². The lowest BCUT2D eigenvalue weighted by atomic mass is 10.1. The first-order valence-electron chi connectivity index (χ1n) is 9.51. The van der Waals surface area contributed by atoms with Crippen LogP contribution in [-0.4, -0.2) is 52.4 Å². The SMILES string of the molecule is CN=C(NCCCOCC(C)C)NCC1CCN(c2ccccc2)C1. The summed E-state index contributed by atoms with van der Waals surface area (Å²) in [5.41, 5.74) is 1.33. The molecule has 0 saturated carbocycles. The zero-order valence-electron chi connectivity index (χ0n) is 16.0. The molecule has 1 atom stereocenters. The van der Waals surface area contributed by atoms with Gasteiger partial charge >= 0.3 is 0 Å². The van der Waals surface area contributed by atoms with Crippen LogP contribution in [0.5, 0.6) is 0 Å². The topological polar surface area (TPSA) is 48.9 Å². The summed E-state index contributed by atoms with van der Waals surface area (Å²) in [6, 6.07) is 10.7. The highest BCUT2D eigenvalue weighted by Crippen LogP contribution is 2.22. The lowest BCUT2D eigenvalue weighted by Crippen LogP contribution is -2.40. The number of rotatable bonds is 9. The fourth-order valence-corrected chi connectivity index (χ4v) is 3.03. The van der Waals surface area contributed by atoms with Gasteiger partial charge in [-0.25, -0.2) is 0 Å². The quantitative estimate of drug-likeness (QED) is 0.410. The van der Waals surface area contributed by atoms with Gasteiger partial charge in [0, 0.05) is 52.1 Å². The van der Waals surface area contributed by atoms with E-state index in [0.717, 1.165) is 51.8 Å². The zero-order valence-corrected chi connectivity index (χ0v) is 16.0. The van der Waals surface area contributed by atoms with Crippen LogP contribution < -0.4 is 15.5 Å². The molecule has 0 spiro atoms. The molecule has 1 aliphatic rings. The fourth-order valence-electron chi connectivity index (χ4n) is 3.03. The summed E-state index contributed by atoms with van der Waals surface area (Å²) in [7, 11) is 1.83. The molecule has 5 nitrogen and oxygen atoms in total. The summed E-state index contributed by atoms with van der Waals surface area (Å²) in [6.07, 6.45) is 2.22. The molecule has 0 bridgehead atoms. The maximum absolute atomic E-state index is 5.60. The van der Waals surface area contributed by atoms with Crippen molar-refractivity contribution in [2.75, 3.05) is 51.3 Å². The second-order valence-electron chi connectivity index (χ2n) is 7.14. The van der Waals surface area contributed by atoms with Crippen molar-refractivity contribution < 1.29 is 4.74 Å². The highest BCUT2D eigenvalue weighted by molar-refractivity contribution is 5.79. The molecule has 1 aromatic rings. The van der Waals surface area contributed by atoms with Gasteiger partial charge in [-0.3, -0.25) is 4.99 Å². The fraction of sp³-hybridized carbons (Fsp3) is 0.650. The third-order valence-corrected chi connectivity index (χ3v) is 4.40. The summed E-state index contributed by atoms with van der Waals surface area (Å²) in [6.45, 7) is 10.1. The molecule has 1 saturated heterocycles. The summed E-state index contributed by atoms with van der Waals surface area (Å²) in [5.74, 6) is 2.15. The van der Waals surface area contributed by atoms with Crippen LogP contribution >= 0.6 is 0 Å². The van der Waals surface area contributed by atoms with Crippen LogP contribution in [0.25, 0.3) is 0 Å². The van der Waals surface area contributed by atoms with Crippen LogP contribution in [0.15, 0.2) is 35.3 Å². The van der Waals surface area contributed by atoms with Crippen molar-refractivity contribution in [3.05, 3.63) is 30.3 Å². The van der Waals surface area contributed by atoms with E-state index in [1.807, 2.05) is 7.05 Å². The van der Waals surface area contributed by atoms with Gasteiger partial charge in [-0.05, 0) is 36.8 Å². The number of hydrogen-bond acceptors (Lipinski definition) is 3. The van der Waals surface area contributed by atoms with Crippen molar-refractivity contribution in [1.82, 2.24) is 10.6 Å². The number of benzene rings is 1. The van der Waals surface area contributed by atoms with E-state index < -0.39 is 0 Å². The van der Waals surface area contributed by atoms with E-state index >= 15 is 0 Å². The van der Waals surface area contributed by atoms with Crippen LogP contribution in [0.4, 0.5) is 5.69 Å². The van der Waals surface area contributed by atoms with Gasteiger partial charge in [0.25, 0.3) is 0 Å². The molecule has 0 aromatic heterocycles. The molecule has 1 unspecified atom stereocenters. The summed E-state index contributed by atoms with van der Waals surface area (Å²) in [5, 5.41) is 6.83. The molecular weight excluding hydrogens is 312 g/mol. The van der Waals surface area contributed by atoms with Gasteiger partial charge in [0.05, 0.1) is 0 Å². The van der Waals surface area contributed by atoms with E-state index in [1.165, 1.54) is 12.1 Å². The number of nitrogens with zero attached hydrogens (tertiary/aromatic N) is 2. The van der Waals surface area contributed by atoms with Gasteiger partial charge in [0.15, 0.2) is 5.96 Å². The average molecular weight is 347 g/mol. The summed E-state index contributed by atoms with van der Waals surface area (Å²) in [4.78, 5) is 6.78. The molecule has 1 aliphatic heterocycles. The minimum absolute atomic E-state index is 0.601. The van der Waals surface area contributed by atoms with E-state index in [9.17, 15) is 0 Å². The maximum Gasteiger partial charge on any atom is 0.190 e. The van der Waals surface area contributed by atoms with Gasteiger partial charge in [-0.15, -0.1) is 0 Å². The number of aliphatic imine (C=N–C) groups is 1. The summed E-state index contributed by atoms with van der Waals surface area (Å²) < 4.78 is 5.60. The van der Waals surface area contributed by atoms with Crippen molar-refractivity contribution >= 4 is 11.6 Å². The van der Waals surface area contributed by atoms with Gasteiger partial charge in [0.1, 0.15) is 0 Å². The third kappa shape index (κ3) is 7.34. The second-order valence-corrected chi connectivity index (χ2v) is 7.14. The normalized spacial score (nSPS) is 18.0. The zero-order chi connectivity index (χ0) is 17.9. The molecular formula is C20H34N4O. The molecule has 2 rings (SSSR count). The highest BCUT2D eigenvalue weighted by Gasteiger charge is 2.22. The Labute approximate surface area is 152 Å². The number of ether oxygens (including phenoxy) is 1. The van der Waals surface area contributed by atoms with E-state index in [2.05, 4.69) is 64.7 Å². The van der Waals surface area contributed by atoms with Gasteiger partial charge in [0.2, 0.25) is 0 Å². The molecule has 5 heteroatoms. The van der Waals surface area contributed by atoms with Crippen LogP contribution in [0.1, 0.15) is 26.7 Å². The molecule has 0 amide bonds. The largest absolute Gasteiger partial charge is 0.381 e. The van der Waals surface area contributed by atoms with Gasteiger partial charge in [-0.2, -0.15) is 0 Å². The molecule has 140 valence electrons. The lowest BCUT2D eigenvalue weighted by Gasteiger charge is -2.19. The summed E-state index contributed by atoms with van der Waals surface area (Å²) >= 11 is 0. The predicted octanol–water partition coefficient (Wildman–Crippen LogP) is 2.74. The van der Waals surface area contributed by atoms with Crippen molar-refractivity contribution in [1.29, 1.82) is 0 Å². The molecule has 2 N–H and O–H groups in total. The Bertz CT molecular complexity index is 504. The molecule has 1 heterocycles. The Kier molecular flexibility index (Phi) is 8.60. The first kappa shape index (κ1) is 19.6. The van der Waals surface area contributed by atoms with E-state index in [4.69, 9.17) is 4.74 Å². The average Bonchev–Trinajstić information content (AvgIpc) is 3.10. The van der Waals surface area contributed by atoms with Crippen molar-refractivity contribution in [2.45, 2.75) is 26.7 Å². The number of anilines is 1. The predicted molar refractivity (Wildman–Crippen MR) is 106 cm³/mol. The van der Waals surface area contributed by atoms with Crippen molar-refractivity contribution in [3.8, 4) is 0 Å². The van der Waals surface area contributed by atoms with Crippen LogP contribution in [0.2, 0.25) is 0 Å². The number of nitrogens with one attached hydrogen (secondary N) is 2.